The van der Waals surface area contributed by atoms with Crippen LogP contribution in [0.2, 0.25) is 15.1 Å². The van der Waals surface area contributed by atoms with Gasteiger partial charge in [0.25, 0.3) is 0 Å². The number of nitrogens with one attached hydrogen (secondary N) is 1. The lowest BCUT2D eigenvalue weighted by Crippen LogP contribution is -2.36. The second-order valence-corrected chi connectivity index (χ2v) is 9.11. The van der Waals surface area contributed by atoms with Gasteiger partial charge in [-0.05, 0) is 54.4 Å². The quantitative estimate of drug-likeness (QED) is 0.326. The van der Waals surface area contributed by atoms with Crippen LogP contribution < -0.4 is 19.7 Å². The highest BCUT2D eigenvalue weighted by molar-refractivity contribution is 6.33. The lowest BCUT2D eigenvalue weighted by molar-refractivity contribution is 0.122. The van der Waals surface area contributed by atoms with Gasteiger partial charge in [0.2, 0.25) is 0 Å². The molecule has 3 aromatic rings. The van der Waals surface area contributed by atoms with Crippen molar-refractivity contribution in [2.45, 2.75) is 20.1 Å². The van der Waals surface area contributed by atoms with Gasteiger partial charge in [0.15, 0.2) is 11.5 Å². The van der Waals surface area contributed by atoms with Gasteiger partial charge in [0.05, 0.1) is 30.5 Å². The van der Waals surface area contributed by atoms with E-state index in [1.807, 2.05) is 55.5 Å². The Morgan fingerprint density at radius 1 is 0.882 bits per heavy atom. The summed E-state index contributed by atoms with van der Waals surface area (Å²) in [7, 11) is 0. The van der Waals surface area contributed by atoms with Crippen LogP contribution in [0.5, 0.6) is 11.5 Å². The zero-order chi connectivity index (χ0) is 23.9. The minimum Gasteiger partial charge on any atom is -0.490 e. The molecule has 1 saturated heterocycles. The third-order valence-electron chi connectivity index (χ3n) is 5.50. The van der Waals surface area contributed by atoms with Gasteiger partial charge in [-0.2, -0.15) is 0 Å². The summed E-state index contributed by atoms with van der Waals surface area (Å²) in [5.41, 5.74) is 3.84. The Bertz CT molecular complexity index is 1100. The summed E-state index contributed by atoms with van der Waals surface area (Å²) < 4.78 is 17.2. The Balaban J connectivity index is 1.43. The molecule has 1 N–H and O–H groups in total. The van der Waals surface area contributed by atoms with Crippen molar-refractivity contribution >= 4 is 46.2 Å². The zero-order valence-electron chi connectivity index (χ0n) is 19.0. The average Bonchev–Trinajstić information content (AvgIpc) is 2.85. The van der Waals surface area contributed by atoms with Crippen LogP contribution in [0.25, 0.3) is 0 Å². The topological polar surface area (TPSA) is 43.0 Å². The van der Waals surface area contributed by atoms with Crippen LogP contribution in [0.15, 0.2) is 54.6 Å². The molecule has 0 aromatic heterocycles. The molecule has 8 heteroatoms. The maximum atomic E-state index is 6.59. The van der Waals surface area contributed by atoms with Gasteiger partial charge in [0, 0.05) is 41.4 Å². The van der Waals surface area contributed by atoms with Crippen molar-refractivity contribution in [2.75, 3.05) is 43.1 Å². The van der Waals surface area contributed by atoms with Gasteiger partial charge in [-0.1, -0.05) is 46.9 Å². The predicted molar refractivity (Wildman–Crippen MR) is 140 cm³/mol. The highest BCUT2D eigenvalue weighted by Gasteiger charge is 2.15. The van der Waals surface area contributed by atoms with E-state index in [0.29, 0.717) is 46.3 Å². The largest absolute Gasteiger partial charge is 0.490 e. The number of nitrogens with zero attached hydrogens (tertiary/aromatic N) is 1. The van der Waals surface area contributed by atoms with Gasteiger partial charge >= 0.3 is 0 Å². The lowest BCUT2D eigenvalue weighted by atomic mass is 10.1. The van der Waals surface area contributed by atoms with E-state index in [-0.39, 0.29) is 0 Å². The molecule has 3 aromatic carbocycles. The van der Waals surface area contributed by atoms with Crippen molar-refractivity contribution in [3.8, 4) is 11.5 Å². The molecule has 4 rings (SSSR count). The van der Waals surface area contributed by atoms with Crippen molar-refractivity contribution in [3.05, 3.63) is 80.8 Å². The molecule has 0 bridgehead atoms. The molecular formula is C26H27Cl3N2O3. The molecule has 1 fully saturated rings. The second-order valence-electron chi connectivity index (χ2n) is 7.86. The first-order chi connectivity index (χ1) is 16.5. The molecule has 1 aliphatic heterocycles. The Kier molecular flexibility index (Phi) is 8.68. The molecule has 0 atom stereocenters. The normalized spacial score (nSPS) is 13.6. The van der Waals surface area contributed by atoms with Crippen LogP contribution in [-0.4, -0.2) is 32.9 Å². The number of ether oxygens (including phenoxy) is 3. The van der Waals surface area contributed by atoms with Crippen LogP contribution in [0.3, 0.4) is 0 Å². The van der Waals surface area contributed by atoms with Crippen LogP contribution >= 0.6 is 34.8 Å². The standard InChI is InChI=1S/C26H27Cl3N2O3/c1-2-33-25-13-19(22(28)15-26(25)34-17-18-3-5-20(27)6-4-18)16-30-21-7-8-24(23(29)14-21)31-9-11-32-12-10-31/h3-8,13-15,30H,2,9-12,16-17H2,1H3. The molecule has 180 valence electrons. The molecule has 0 amide bonds. The van der Waals surface area contributed by atoms with E-state index < -0.39 is 0 Å². The van der Waals surface area contributed by atoms with E-state index in [9.17, 15) is 0 Å². The third kappa shape index (κ3) is 6.42. The highest BCUT2D eigenvalue weighted by Crippen LogP contribution is 2.35. The van der Waals surface area contributed by atoms with Gasteiger partial charge in [-0.3, -0.25) is 0 Å². The van der Waals surface area contributed by atoms with E-state index in [2.05, 4.69) is 10.2 Å². The fraction of sp³-hybridized carbons (Fsp3) is 0.308. The van der Waals surface area contributed by atoms with Crippen molar-refractivity contribution in [1.82, 2.24) is 0 Å². The monoisotopic (exact) mass is 520 g/mol. The zero-order valence-corrected chi connectivity index (χ0v) is 21.2. The molecule has 34 heavy (non-hydrogen) atoms. The summed E-state index contributed by atoms with van der Waals surface area (Å²) in [4.78, 5) is 2.24. The number of benzene rings is 3. The number of anilines is 2. The number of hydrogen-bond donors (Lipinski definition) is 1. The Hall–Kier alpha value is -2.31. The summed E-state index contributed by atoms with van der Waals surface area (Å²) in [6, 6.07) is 17.3. The van der Waals surface area contributed by atoms with E-state index in [1.165, 1.54) is 0 Å². The maximum Gasteiger partial charge on any atom is 0.163 e. The molecular weight excluding hydrogens is 495 g/mol. The number of rotatable bonds is 9. The summed E-state index contributed by atoms with van der Waals surface area (Å²) >= 11 is 19.1. The van der Waals surface area contributed by atoms with Crippen LogP contribution in [0.4, 0.5) is 11.4 Å². The Morgan fingerprint density at radius 2 is 1.62 bits per heavy atom. The predicted octanol–water partition coefficient (Wildman–Crippen LogP) is 7.07. The Morgan fingerprint density at radius 3 is 2.32 bits per heavy atom. The molecule has 1 aliphatic rings. The molecule has 0 spiro atoms. The molecule has 1 heterocycles. The molecule has 0 unspecified atom stereocenters. The first-order valence-electron chi connectivity index (χ1n) is 11.2. The van der Waals surface area contributed by atoms with E-state index in [0.717, 1.165) is 48.8 Å². The third-order valence-corrected chi connectivity index (χ3v) is 6.41. The number of hydrogen-bond acceptors (Lipinski definition) is 5. The van der Waals surface area contributed by atoms with Gasteiger partial charge in [-0.25, -0.2) is 0 Å². The Labute approximate surface area is 215 Å². The molecule has 0 saturated carbocycles. The van der Waals surface area contributed by atoms with Crippen LogP contribution in [0.1, 0.15) is 18.1 Å². The molecule has 0 radical (unpaired) electrons. The van der Waals surface area contributed by atoms with Crippen molar-refractivity contribution in [3.63, 3.8) is 0 Å². The fourth-order valence-corrected chi connectivity index (χ4v) is 4.36. The van der Waals surface area contributed by atoms with Crippen molar-refractivity contribution in [1.29, 1.82) is 0 Å². The number of morpholine rings is 1. The summed E-state index contributed by atoms with van der Waals surface area (Å²) in [5.74, 6) is 1.25. The molecule has 0 aliphatic carbocycles. The van der Waals surface area contributed by atoms with Gasteiger partial charge in [-0.15, -0.1) is 0 Å². The lowest BCUT2D eigenvalue weighted by Gasteiger charge is -2.29. The van der Waals surface area contributed by atoms with Crippen molar-refractivity contribution in [2.24, 2.45) is 0 Å². The minimum atomic E-state index is 0.388. The van der Waals surface area contributed by atoms with E-state index >= 15 is 0 Å². The smallest absolute Gasteiger partial charge is 0.163 e. The average molecular weight is 522 g/mol. The van der Waals surface area contributed by atoms with Crippen LogP contribution in [-0.2, 0) is 17.9 Å². The maximum absolute atomic E-state index is 6.59. The van der Waals surface area contributed by atoms with Crippen molar-refractivity contribution < 1.29 is 14.2 Å². The summed E-state index contributed by atoms with van der Waals surface area (Å²) in [5, 5.41) is 5.40. The first kappa shape index (κ1) is 24.8. The fourth-order valence-electron chi connectivity index (χ4n) is 3.71. The molecule has 5 nitrogen and oxygen atoms in total. The SMILES string of the molecule is CCOc1cc(CNc2ccc(N3CCOCC3)c(Cl)c2)c(Cl)cc1OCc1ccc(Cl)cc1. The van der Waals surface area contributed by atoms with Gasteiger partial charge < -0.3 is 24.4 Å². The van der Waals surface area contributed by atoms with Gasteiger partial charge in [0.1, 0.15) is 6.61 Å². The summed E-state index contributed by atoms with van der Waals surface area (Å²) in [6.45, 7) is 6.48. The van der Waals surface area contributed by atoms with E-state index in [4.69, 9.17) is 49.0 Å². The second kappa shape index (κ2) is 11.9. The van der Waals surface area contributed by atoms with E-state index in [1.54, 1.807) is 6.07 Å². The minimum absolute atomic E-state index is 0.388. The highest BCUT2D eigenvalue weighted by atomic mass is 35.5. The van der Waals surface area contributed by atoms with Crippen LogP contribution in [0, 0.1) is 0 Å². The number of halogens is 3. The first-order valence-corrected chi connectivity index (χ1v) is 12.4. The summed E-state index contributed by atoms with van der Waals surface area (Å²) in [6.07, 6.45) is 0.